The smallest absolute Gasteiger partial charge is 0.147 e. The van der Waals surface area contributed by atoms with Crippen molar-refractivity contribution in [2.24, 2.45) is 0 Å². The molecule has 2 rings (SSSR count). The molecule has 2 aromatic rings. The maximum atomic E-state index is 13.7. The van der Waals surface area contributed by atoms with Gasteiger partial charge in [-0.2, -0.15) is 5.26 Å². The summed E-state index contributed by atoms with van der Waals surface area (Å²) in [6, 6.07) is 8.64. The lowest BCUT2D eigenvalue weighted by atomic mass is 10.2. The van der Waals surface area contributed by atoms with Crippen LogP contribution in [0.4, 0.5) is 20.2 Å². The number of anilines is 2. The Labute approximate surface area is 114 Å². The van der Waals surface area contributed by atoms with Crippen molar-refractivity contribution in [3.8, 4) is 6.07 Å². The van der Waals surface area contributed by atoms with Gasteiger partial charge >= 0.3 is 0 Å². The summed E-state index contributed by atoms with van der Waals surface area (Å²) in [6.07, 6.45) is 0. The van der Waals surface area contributed by atoms with Crippen molar-refractivity contribution in [1.82, 2.24) is 0 Å². The Kier molecular flexibility index (Phi) is 3.68. The molecule has 0 heterocycles. The van der Waals surface area contributed by atoms with Gasteiger partial charge in [-0.3, -0.25) is 0 Å². The molecule has 96 valence electrons. The van der Waals surface area contributed by atoms with Gasteiger partial charge in [0.1, 0.15) is 11.6 Å². The van der Waals surface area contributed by atoms with E-state index in [2.05, 4.69) is 5.32 Å². The fraction of sp³-hybridized carbons (Fsp3) is 0.0714. The molecule has 0 spiro atoms. The quantitative estimate of drug-likeness (QED) is 0.875. The van der Waals surface area contributed by atoms with Crippen molar-refractivity contribution >= 4 is 23.0 Å². The summed E-state index contributed by atoms with van der Waals surface area (Å²) in [6.45, 7) is 1.48. The highest BCUT2D eigenvalue weighted by Gasteiger charge is 2.09. The zero-order chi connectivity index (χ0) is 14.0. The SMILES string of the molecule is Cc1cc(F)c(Nc2ccc(C#N)cc2Cl)cc1F. The van der Waals surface area contributed by atoms with Gasteiger partial charge in [0.15, 0.2) is 0 Å². The van der Waals surface area contributed by atoms with Crippen molar-refractivity contribution in [2.75, 3.05) is 5.32 Å². The molecule has 5 heteroatoms. The molecular weight excluding hydrogens is 270 g/mol. The van der Waals surface area contributed by atoms with Crippen LogP contribution in [0.5, 0.6) is 0 Å². The van der Waals surface area contributed by atoms with Crippen LogP contribution in [0.25, 0.3) is 0 Å². The van der Waals surface area contributed by atoms with Crippen LogP contribution in [0.3, 0.4) is 0 Å². The first-order valence-electron chi connectivity index (χ1n) is 5.43. The third kappa shape index (κ3) is 2.83. The maximum absolute atomic E-state index is 13.7. The topological polar surface area (TPSA) is 35.8 Å². The van der Waals surface area contributed by atoms with Crippen LogP contribution < -0.4 is 5.32 Å². The minimum Gasteiger partial charge on any atom is -0.352 e. The largest absolute Gasteiger partial charge is 0.352 e. The molecule has 2 nitrogen and oxygen atoms in total. The highest BCUT2D eigenvalue weighted by Crippen LogP contribution is 2.28. The molecule has 0 fully saturated rings. The van der Waals surface area contributed by atoms with Crippen LogP contribution in [-0.4, -0.2) is 0 Å². The fourth-order valence-corrected chi connectivity index (χ4v) is 1.80. The van der Waals surface area contributed by atoms with Gasteiger partial charge in [0.2, 0.25) is 0 Å². The summed E-state index contributed by atoms with van der Waals surface area (Å²) in [4.78, 5) is 0. The first-order valence-corrected chi connectivity index (χ1v) is 5.81. The van der Waals surface area contributed by atoms with Crippen LogP contribution >= 0.6 is 11.6 Å². The molecule has 0 aliphatic rings. The molecule has 0 aliphatic heterocycles. The zero-order valence-electron chi connectivity index (χ0n) is 9.97. The minimum absolute atomic E-state index is 0.00490. The van der Waals surface area contributed by atoms with Crippen LogP contribution in [0.2, 0.25) is 5.02 Å². The molecule has 2 aromatic carbocycles. The van der Waals surface area contributed by atoms with E-state index in [0.29, 0.717) is 11.3 Å². The number of hydrogen-bond donors (Lipinski definition) is 1. The Bertz CT molecular complexity index is 678. The lowest BCUT2D eigenvalue weighted by Crippen LogP contribution is -1.97. The standard InChI is InChI=1S/C14H9ClF2N2/c1-8-4-12(17)14(6-11(8)16)19-13-3-2-9(7-18)5-10(13)15/h2-6,19H,1H3. The zero-order valence-corrected chi connectivity index (χ0v) is 10.7. The Morgan fingerprint density at radius 3 is 2.47 bits per heavy atom. The number of nitrogens with one attached hydrogen (secondary N) is 1. The summed E-state index contributed by atoms with van der Waals surface area (Å²) in [5.41, 5.74) is 1.03. The molecule has 1 N–H and O–H groups in total. The Balaban J connectivity index is 2.37. The molecule has 0 unspecified atom stereocenters. The Morgan fingerprint density at radius 2 is 1.84 bits per heavy atom. The van der Waals surface area contributed by atoms with Crippen molar-refractivity contribution in [1.29, 1.82) is 5.26 Å². The van der Waals surface area contributed by atoms with E-state index < -0.39 is 11.6 Å². The van der Waals surface area contributed by atoms with Gasteiger partial charge in [-0.15, -0.1) is 0 Å². The van der Waals surface area contributed by atoms with Crippen molar-refractivity contribution in [3.05, 3.63) is 58.1 Å². The highest BCUT2D eigenvalue weighted by atomic mass is 35.5. The maximum Gasteiger partial charge on any atom is 0.147 e. The molecule has 0 aliphatic carbocycles. The molecule has 0 saturated heterocycles. The number of halogens is 3. The monoisotopic (exact) mass is 278 g/mol. The number of nitrogens with zero attached hydrogens (tertiary/aromatic N) is 1. The summed E-state index contributed by atoms with van der Waals surface area (Å²) in [5, 5.41) is 11.7. The van der Waals surface area contributed by atoms with Crippen LogP contribution in [0, 0.1) is 29.9 Å². The third-order valence-electron chi connectivity index (χ3n) is 2.62. The fourth-order valence-electron chi connectivity index (χ4n) is 1.57. The predicted octanol–water partition coefficient (Wildman–Crippen LogP) is 4.54. The number of rotatable bonds is 2. The Morgan fingerprint density at radius 1 is 1.11 bits per heavy atom. The van der Waals surface area contributed by atoms with E-state index in [-0.39, 0.29) is 16.3 Å². The molecule has 0 saturated carbocycles. The second kappa shape index (κ2) is 5.25. The number of nitriles is 1. The van der Waals surface area contributed by atoms with Gasteiger partial charge in [-0.25, -0.2) is 8.78 Å². The van der Waals surface area contributed by atoms with E-state index >= 15 is 0 Å². The average molecular weight is 279 g/mol. The number of aryl methyl sites for hydroxylation is 1. The first-order chi connectivity index (χ1) is 9.01. The van der Waals surface area contributed by atoms with Crippen LogP contribution in [0.15, 0.2) is 30.3 Å². The van der Waals surface area contributed by atoms with Gasteiger partial charge in [-0.05, 0) is 36.8 Å². The average Bonchev–Trinajstić information content (AvgIpc) is 2.38. The molecule has 0 atom stereocenters. The third-order valence-corrected chi connectivity index (χ3v) is 2.93. The summed E-state index contributed by atoms with van der Waals surface area (Å²) >= 11 is 5.95. The van der Waals surface area contributed by atoms with Crippen molar-refractivity contribution < 1.29 is 8.78 Å². The molecule has 0 radical (unpaired) electrons. The molecule has 0 bridgehead atoms. The lowest BCUT2D eigenvalue weighted by molar-refractivity contribution is 0.595. The van der Waals surface area contributed by atoms with Crippen LogP contribution in [-0.2, 0) is 0 Å². The van der Waals surface area contributed by atoms with Gasteiger partial charge in [0.05, 0.1) is 28.0 Å². The first kappa shape index (κ1) is 13.3. The van der Waals surface area contributed by atoms with E-state index in [9.17, 15) is 8.78 Å². The van der Waals surface area contributed by atoms with Gasteiger partial charge in [0, 0.05) is 6.07 Å². The number of hydrogen-bond acceptors (Lipinski definition) is 2. The molecular formula is C14H9ClF2N2. The molecule has 19 heavy (non-hydrogen) atoms. The Hall–Kier alpha value is -2.12. The van der Waals surface area contributed by atoms with Crippen LogP contribution in [0.1, 0.15) is 11.1 Å². The molecule has 0 aromatic heterocycles. The van der Waals surface area contributed by atoms with Gasteiger partial charge in [0.25, 0.3) is 0 Å². The summed E-state index contributed by atoms with van der Waals surface area (Å²) in [7, 11) is 0. The van der Waals surface area contributed by atoms with Crippen molar-refractivity contribution in [3.63, 3.8) is 0 Å². The van der Waals surface area contributed by atoms with E-state index in [4.69, 9.17) is 16.9 Å². The van der Waals surface area contributed by atoms with Gasteiger partial charge in [-0.1, -0.05) is 11.6 Å². The van der Waals surface area contributed by atoms with E-state index in [1.54, 1.807) is 0 Å². The summed E-state index contributed by atoms with van der Waals surface area (Å²) < 4.78 is 27.1. The van der Waals surface area contributed by atoms with E-state index in [1.807, 2.05) is 6.07 Å². The van der Waals surface area contributed by atoms with Crippen molar-refractivity contribution in [2.45, 2.75) is 6.92 Å². The van der Waals surface area contributed by atoms with Gasteiger partial charge < -0.3 is 5.32 Å². The molecule has 0 amide bonds. The predicted molar refractivity (Wildman–Crippen MR) is 70.5 cm³/mol. The highest BCUT2D eigenvalue weighted by molar-refractivity contribution is 6.33. The second-order valence-electron chi connectivity index (χ2n) is 4.01. The summed E-state index contributed by atoms with van der Waals surface area (Å²) in [5.74, 6) is -1.08. The van der Waals surface area contributed by atoms with E-state index in [1.165, 1.54) is 25.1 Å². The lowest BCUT2D eigenvalue weighted by Gasteiger charge is -2.10. The minimum atomic E-state index is -0.570. The second-order valence-corrected chi connectivity index (χ2v) is 4.42. The number of benzene rings is 2. The normalized spacial score (nSPS) is 10.1. The van der Waals surface area contributed by atoms with E-state index in [0.717, 1.165) is 12.1 Å².